The zero-order valence-corrected chi connectivity index (χ0v) is 20.1. The Morgan fingerprint density at radius 2 is 1.97 bits per heavy atom. The molecule has 0 saturated carbocycles. The second-order valence-corrected chi connectivity index (χ2v) is 8.07. The Kier molecular flexibility index (Phi) is 13.0. The number of anilines is 1. The summed E-state index contributed by atoms with van der Waals surface area (Å²) in [4.78, 5) is 16.3. The van der Waals surface area contributed by atoms with Crippen LogP contribution >= 0.6 is 0 Å². The van der Waals surface area contributed by atoms with Crippen LogP contribution < -0.4 is 16.0 Å². The van der Waals surface area contributed by atoms with Crippen molar-refractivity contribution in [1.29, 1.82) is 0 Å². The summed E-state index contributed by atoms with van der Waals surface area (Å²) in [6, 6.07) is 7.82. The van der Waals surface area contributed by atoms with Crippen molar-refractivity contribution >= 4 is 18.4 Å². The van der Waals surface area contributed by atoms with Crippen molar-refractivity contribution in [2.24, 2.45) is 10.9 Å². The third-order valence-electron chi connectivity index (χ3n) is 5.26. The first-order valence-electron chi connectivity index (χ1n) is 11.7. The smallest absolute Gasteiger partial charge is 0.319 e. The van der Waals surface area contributed by atoms with E-state index in [9.17, 15) is 4.79 Å². The van der Waals surface area contributed by atoms with Crippen molar-refractivity contribution in [2.75, 3.05) is 18.4 Å². The number of carbonyl (C=O) groups is 1. The highest BCUT2D eigenvalue weighted by Crippen LogP contribution is 2.23. The number of hydrogen-bond donors (Lipinski definition) is 3. The average Bonchev–Trinajstić information content (AvgIpc) is 2.78. The molecule has 31 heavy (non-hydrogen) atoms. The number of para-hydroxylation sites is 1. The molecule has 3 N–H and O–H groups in total. The van der Waals surface area contributed by atoms with Crippen LogP contribution in [0.4, 0.5) is 10.5 Å². The summed E-state index contributed by atoms with van der Waals surface area (Å²) in [5.74, 6) is 1.85. The van der Waals surface area contributed by atoms with Crippen LogP contribution in [0.2, 0.25) is 0 Å². The number of urea groups is 1. The van der Waals surface area contributed by atoms with E-state index in [2.05, 4.69) is 66.6 Å². The molecule has 2 amide bonds. The lowest BCUT2D eigenvalue weighted by Gasteiger charge is -2.18. The van der Waals surface area contributed by atoms with E-state index in [4.69, 9.17) is 0 Å². The van der Waals surface area contributed by atoms with Gasteiger partial charge in [0.15, 0.2) is 0 Å². The van der Waals surface area contributed by atoms with Gasteiger partial charge < -0.3 is 16.0 Å². The van der Waals surface area contributed by atoms with E-state index < -0.39 is 0 Å². The van der Waals surface area contributed by atoms with Gasteiger partial charge in [-0.05, 0) is 67.9 Å². The lowest BCUT2D eigenvalue weighted by molar-refractivity contribution is 0.251. The van der Waals surface area contributed by atoms with Crippen LogP contribution in [0.1, 0.15) is 78.2 Å². The summed E-state index contributed by atoms with van der Waals surface area (Å²) in [7, 11) is 0. The van der Waals surface area contributed by atoms with Gasteiger partial charge in [-0.15, -0.1) is 0 Å². The first kappa shape index (κ1) is 26.5. The van der Waals surface area contributed by atoms with Crippen LogP contribution in [0.15, 0.2) is 52.8 Å². The molecular weight excluding hydrogens is 384 g/mol. The number of nitrogens with zero attached hydrogens (tertiary/aromatic N) is 1. The van der Waals surface area contributed by atoms with E-state index in [0.29, 0.717) is 18.4 Å². The van der Waals surface area contributed by atoms with Crippen LogP contribution in [0, 0.1) is 5.92 Å². The van der Waals surface area contributed by atoms with E-state index in [-0.39, 0.29) is 6.03 Å². The van der Waals surface area contributed by atoms with E-state index in [0.717, 1.165) is 55.7 Å². The van der Waals surface area contributed by atoms with Crippen molar-refractivity contribution < 1.29 is 4.79 Å². The lowest BCUT2D eigenvalue weighted by atomic mass is 10.0. The van der Waals surface area contributed by atoms with Crippen molar-refractivity contribution in [1.82, 2.24) is 10.6 Å². The molecule has 1 aliphatic rings. The molecule has 1 aliphatic heterocycles. The Labute approximate surface area is 189 Å². The van der Waals surface area contributed by atoms with E-state index in [1.807, 2.05) is 32.0 Å². The minimum Gasteiger partial charge on any atom is -0.370 e. The molecule has 2 rings (SSSR count). The van der Waals surface area contributed by atoms with Gasteiger partial charge in [0.2, 0.25) is 0 Å². The van der Waals surface area contributed by atoms with Crippen LogP contribution in [0.5, 0.6) is 0 Å². The zero-order valence-electron chi connectivity index (χ0n) is 20.1. The third-order valence-corrected chi connectivity index (χ3v) is 5.26. The van der Waals surface area contributed by atoms with Crippen molar-refractivity contribution in [3.63, 3.8) is 0 Å². The van der Waals surface area contributed by atoms with Gasteiger partial charge in [0, 0.05) is 18.8 Å². The molecule has 0 aliphatic carbocycles. The zero-order chi connectivity index (χ0) is 23.1. The highest BCUT2D eigenvalue weighted by Gasteiger charge is 2.10. The minimum atomic E-state index is -0.137. The molecular formula is C26H42N4O. The third kappa shape index (κ3) is 9.86. The van der Waals surface area contributed by atoms with Crippen LogP contribution in [0.25, 0.3) is 0 Å². The summed E-state index contributed by atoms with van der Waals surface area (Å²) in [5, 5.41) is 9.25. The van der Waals surface area contributed by atoms with E-state index >= 15 is 0 Å². The van der Waals surface area contributed by atoms with Gasteiger partial charge in [-0.1, -0.05) is 65.0 Å². The fourth-order valence-electron chi connectivity index (χ4n) is 3.50. The Morgan fingerprint density at radius 3 is 2.68 bits per heavy atom. The van der Waals surface area contributed by atoms with Crippen molar-refractivity contribution in [3.8, 4) is 0 Å². The van der Waals surface area contributed by atoms with Gasteiger partial charge in [0.1, 0.15) is 5.82 Å². The number of hydrogen-bond acceptors (Lipinski definition) is 3. The monoisotopic (exact) mass is 426 g/mol. The molecule has 0 saturated heterocycles. The van der Waals surface area contributed by atoms with Crippen molar-refractivity contribution in [2.45, 2.75) is 72.6 Å². The predicted molar refractivity (Wildman–Crippen MR) is 135 cm³/mol. The van der Waals surface area contributed by atoms with Crippen LogP contribution in [0.3, 0.4) is 0 Å². The Morgan fingerprint density at radius 1 is 1.23 bits per heavy atom. The summed E-state index contributed by atoms with van der Waals surface area (Å²) in [6.07, 6.45) is 9.63. The molecule has 1 heterocycles. The molecule has 1 unspecified atom stereocenters. The van der Waals surface area contributed by atoms with Gasteiger partial charge in [0.05, 0.1) is 0 Å². The number of allylic oxidation sites excluding steroid dienone is 3. The van der Waals surface area contributed by atoms with Crippen LogP contribution in [-0.2, 0) is 0 Å². The first-order valence-corrected chi connectivity index (χ1v) is 11.7. The molecule has 1 aromatic rings. The molecule has 172 valence electrons. The molecule has 0 fully saturated rings. The molecule has 0 spiro atoms. The Balaban J connectivity index is 0.00000233. The molecule has 5 nitrogen and oxygen atoms in total. The Bertz CT molecular complexity index is 737. The number of aliphatic imine (C=N–C) groups is 1. The van der Waals surface area contributed by atoms with Gasteiger partial charge in [-0.3, -0.25) is 0 Å². The number of amides is 2. The molecule has 0 bridgehead atoms. The summed E-state index contributed by atoms with van der Waals surface area (Å²) in [5.41, 5.74) is 3.38. The maximum Gasteiger partial charge on any atom is 0.319 e. The molecule has 0 aromatic heterocycles. The highest BCUT2D eigenvalue weighted by molar-refractivity contribution is 5.90. The standard InChI is InChI=1S/C24H36N4O.C2H6/c1-18(2)21-13-7-8-14-22(21)28-24(29)27-17-15-19(3)10-5-6-11-20-12-9-16-26-23(20)25-4;1-2/h5-8,13-14,18-19,26H,4,9-12,15-17H2,1-3H3,(H2,27,28,29);1-2H3/b6-5-;. The number of rotatable bonds is 10. The number of benzene rings is 1. The maximum atomic E-state index is 12.2. The highest BCUT2D eigenvalue weighted by atomic mass is 16.2. The summed E-state index contributed by atoms with van der Waals surface area (Å²) < 4.78 is 0. The summed E-state index contributed by atoms with van der Waals surface area (Å²) in [6.45, 7) is 15.8. The quantitative estimate of drug-likeness (QED) is 0.291. The van der Waals surface area contributed by atoms with Crippen molar-refractivity contribution in [3.05, 3.63) is 53.4 Å². The molecule has 1 atom stereocenters. The van der Waals surface area contributed by atoms with E-state index in [1.165, 1.54) is 5.57 Å². The molecule has 1 aromatic carbocycles. The molecule has 5 heteroatoms. The van der Waals surface area contributed by atoms with Gasteiger partial charge in [-0.25, -0.2) is 9.79 Å². The van der Waals surface area contributed by atoms with Gasteiger partial charge in [-0.2, -0.15) is 0 Å². The minimum absolute atomic E-state index is 0.137. The predicted octanol–water partition coefficient (Wildman–Crippen LogP) is 6.62. The summed E-state index contributed by atoms with van der Waals surface area (Å²) >= 11 is 0. The second-order valence-electron chi connectivity index (χ2n) is 8.07. The first-order chi connectivity index (χ1) is 15.0. The SMILES string of the molecule is C=NC1=C(C/C=C\CC(C)CCNC(=O)Nc2ccccc2C(C)C)CCCN1.CC. The van der Waals surface area contributed by atoms with E-state index in [1.54, 1.807) is 0 Å². The normalized spacial score (nSPS) is 14.5. The second kappa shape index (κ2) is 15.3. The van der Waals surface area contributed by atoms with Gasteiger partial charge in [0.25, 0.3) is 0 Å². The van der Waals surface area contributed by atoms with Gasteiger partial charge >= 0.3 is 6.03 Å². The average molecular weight is 427 g/mol. The lowest BCUT2D eigenvalue weighted by Crippen LogP contribution is -2.30. The van der Waals surface area contributed by atoms with Crippen LogP contribution in [-0.4, -0.2) is 25.8 Å². The topological polar surface area (TPSA) is 65.5 Å². The largest absolute Gasteiger partial charge is 0.370 e. The Hall–Kier alpha value is -2.56. The fraction of sp³-hybridized carbons (Fsp3) is 0.538. The fourth-order valence-corrected chi connectivity index (χ4v) is 3.50. The maximum absolute atomic E-state index is 12.2. The number of nitrogens with one attached hydrogen (secondary N) is 3. The molecule has 0 radical (unpaired) electrons. The number of carbonyl (C=O) groups excluding carboxylic acids is 1.